The average molecular weight is 393 g/mol. The number of pyridine rings is 2. The molecule has 2 aromatic rings. The van der Waals surface area contributed by atoms with E-state index in [1.54, 1.807) is 12.1 Å². The minimum Gasteiger partial charge on any atom is -0.330 e. The zero-order valence-electron chi connectivity index (χ0n) is 17.4. The number of carbonyl (C=O) groups is 2. The second-order valence-electron chi connectivity index (χ2n) is 8.46. The Labute approximate surface area is 172 Å². The highest BCUT2D eigenvalue weighted by Crippen LogP contribution is 2.40. The molecule has 2 amide bonds. The predicted molar refractivity (Wildman–Crippen MR) is 111 cm³/mol. The molecule has 0 bridgehead atoms. The minimum absolute atomic E-state index is 0.0248. The van der Waals surface area contributed by atoms with Crippen LogP contribution in [0.5, 0.6) is 0 Å². The normalized spacial score (nSPS) is 20.9. The van der Waals surface area contributed by atoms with Crippen LogP contribution >= 0.6 is 0 Å². The Kier molecular flexibility index (Phi) is 5.11. The fourth-order valence-corrected chi connectivity index (χ4v) is 4.76. The van der Waals surface area contributed by atoms with E-state index in [1.165, 1.54) is 0 Å². The van der Waals surface area contributed by atoms with Crippen molar-refractivity contribution in [2.24, 2.45) is 0 Å². The SMILES string of the molecule is Cc1cccc(C(=O)N2CC3(CCCC3)N(C(=O)c3cccc(C)n3)CC2C)n1. The zero-order valence-corrected chi connectivity index (χ0v) is 17.4. The van der Waals surface area contributed by atoms with E-state index in [9.17, 15) is 9.59 Å². The van der Waals surface area contributed by atoms with Gasteiger partial charge in [-0.15, -0.1) is 0 Å². The fourth-order valence-electron chi connectivity index (χ4n) is 4.76. The van der Waals surface area contributed by atoms with Gasteiger partial charge in [0.05, 0.1) is 5.54 Å². The van der Waals surface area contributed by atoms with E-state index >= 15 is 0 Å². The molecule has 1 saturated carbocycles. The van der Waals surface area contributed by atoms with Crippen LogP contribution in [0.4, 0.5) is 0 Å². The Balaban J connectivity index is 1.64. The molecule has 4 rings (SSSR count). The Morgan fingerprint density at radius 2 is 1.48 bits per heavy atom. The lowest BCUT2D eigenvalue weighted by molar-refractivity contribution is -0.0118. The molecule has 1 aliphatic carbocycles. The third-order valence-corrected chi connectivity index (χ3v) is 6.27. The topological polar surface area (TPSA) is 66.4 Å². The molecule has 0 aromatic carbocycles. The molecule has 2 fully saturated rings. The van der Waals surface area contributed by atoms with Crippen molar-refractivity contribution < 1.29 is 9.59 Å². The van der Waals surface area contributed by atoms with Crippen LogP contribution in [0.15, 0.2) is 36.4 Å². The summed E-state index contributed by atoms with van der Waals surface area (Å²) in [5, 5.41) is 0. The number of aromatic nitrogens is 2. The first-order valence-corrected chi connectivity index (χ1v) is 10.4. The minimum atomic E-state index is -0.311. The van der Waals surface area contributed by atoms with E-state index in [4.69, 9.17) is 0 Å². The number of aryl methyl sites for hydroxylation is 2. The number of hydrogen-bond donors (Lipinski definition) is 0. The highest BCUT2D eigenvalue weighted by Gasteiger charge is 2.49. The maximum atomic E-state index is 13.4. The largest absolute Gasteiger partial charge is 0.330 e. The Morgan fingerprint density at radius 3 is 2.03 bits per heavy atom. The molecule has 0 N–H and O–H groups in total. The van der Waals surface area contributed by atoms with Crippen LogP contribution in [0.3, 0.4) is 0 Å². The summed E-state index contributed by atoms with van der Waals surface area (Å²) < 4.78 is 0. The van der Waals surface area contributed by atoms with Gasteiger partial charge in [0.1, 0.15) is 11.4 Å². The first-order chi connectivity index (χ1) is 13.9. The smallest absolute Gasteiger partial charge is 0.273 e. The van der Waals surface area contributed by atoms with E-state index in [0.717, 1.165) is 37.1 Å². The van der Waals surface area contributed by atoms with Crippen LogP contribution < -0.4 is 0 Å². The van der Waals surface area contributed by atoms with Crippen molar-refractivity contribution in [1.82, 2.24) is 19.8 Å². The molecule has 2 aliphatic rings. The van der Waals surface area contributed by atoms with Crippen LogP contribution in [0.2, 0.25) is 0 Å². The van der Waals surface area contributed by atoms with Gasteiger partial charge in [-0.3, -0.25) is 9.59 Å². The molecule has 1 spiro atoms. The Bertz CT molecular complexity index is 936. The molecule has 1 aliphatic heterocycles. The van der Waals surface area contributed by atoms with Crippen molar-refractivity contribution >= 4 is 11.8 Å². The van der Waals surface area contributed by atoms with Gasteiger partial charge in [-0.2, -0.15) is 0 Å². The number of hydrogen-bond acceptors (Lipinski definition) is 4. The molecule has 29 heavy (non-hydrogen) atoms. The lowest BCUT2D eigenvalue weighted by Crippen LogP contribution is -2.66. The second-order valence-corrected chi connectivity index (χ2v) is 8.46. The molecule has 6 nitrogen and oxygen atoms in total. The van der Waals surface area contributed by atoms with Crippen molar-refractivity contribution in [1.29, 1.82) is 0 Å². The van der Waals surface area contributed by atoms with Crippen molar-refractivity contribution in [3.63, 3.8) is 0 Å². The molecule has 6 heteroatoms. The van der Waals surface area contributed by atoms with Gasteiger partial charge < -0.3 is 9.80 Å². The molecule has 1 atom stereocenters. The number of amides is 2. The average Bonchev–Trinajstić information content (AvgIpc) is 3.17. The van der Waals surface area contributed by atoms with Gasteiger partial charge in [0.25, 0.3) is 11.8 Å². The van der Waals surface area contributed by atoms with Gasteiger partial charge in [0.15, 0.2) is 0 Å². The summed E-state index contributed by atoms with van der Waals surface area (Å²) >= 11 is 0. The summed E-state index contributed by atoms with van der Waals surface area (Å²) in [7, 11) is 0. The maximum absolute atomic E-state index is 13.4. The van der Waals surface area contributed by atoms with Crippen molar-refractivity contribution in [3.05, 3.63) is 59.2 Å². The first kappa shape index (κ1) is 19.6. The van der Waals surface area contributed by atoms with Gasteiger partial charge in [-0.25, -0.2) is 9.97 Å². The third kappa shape index (κ3) is 3.63. The van der Waals surface area contributed by atoms with Crippen molar-refractivity contribution in [2.45, 2.75) is 58.0 Å². The van der Waals surface area contributed by atoms with Crippen molar-refractivity contribution in [3.8, 4) is 0 Å². The lowest BCUT2D eigenvalue weighted by Gasteiger charge is -2.51. The third-order valence-electron chi connectivity index (χ3n) is 6.27. The monoisotopic (exact) mass is 392 g/mol. The highest BCUT2D eigenvalue weighted by molar-refractivity contribution is 5.95. The van der Waals surface area contributed by atoms with Gasteiger partial charge in [-0.05, 0) is 57.9 Å². The molecule has 152 valence electrons. The highest BCUT2D eigenvalue weighted by atomic mass is 16.2. The van der Waals surface area contributed by atoms with E-state index in [0.29, 0.717) is 24.5 Å². The van der Waals surface area contributed by atoms with Crippen LogP contribution in [0.1, 0.15) is 65.0 Å². The first-order valence-electron chi connectivity index (χ1n) is 10.4. The molecule has 2 aromatic heterocycles. The maximum Gasteiger partial charge on any atom is 0.273 e. The van der Waals surface area contributed by atoms with Gasteiger partial charge in [-0.1, -0.05) is 25.0 Å². The number of carbonyl (C=O) groups excluding carboxylic acids is 2. The summed E-state index contributed by atoms with van der Waals surface area (Å²) in [6.07, 6.45) is 3.98. The van der Waals surface area contributed by atoms with Crippen molar-refractivity contribution in [2.75, 3.05) is 13.1 Å². The van der Waals surface area contributed by atoms with E-state index in [-0.39, 0.29) is 23.4 Å². The summed E-state index contributed by atoms with van der Waals surface area (Å²) in [6.45, 7) is 6.88. The Hall–Kier alpha value is -2.76. The van der Waals surface area contributed by atoms with Crippen LogP contribution in [-0.4, -0.2) is 56.3 Å². The van der Waals surface area contributed by atoms with E-state index in [1.807, 2.05) is 54.8 Å². The molecule has 0 radical (unpaired) electrons. The second kappa shape index (κ2) is 7.58. The molecular weight excluding hydrogens is 364 g/mol. The number of piperazine rings is 1. The van der Waals surface area contributed by atoms with Gasteiger partial charge >= 0.3 is 0 Å². The summed E-state index contributed by atoms with van der Waals surface area (Å²) in [4.78, 5) is 39.4. The molecular formula is C23H28N4O2. The standard InChI is InChI=1S/C23H28N4O2/c1-16-8-6-10-19(24-16)21(28)26-15-23(12-4-5-13-23)27(14-18(26)3)22(29)20-11-7-9-17(2)25-20/h6-11,18H,4-5,12-15H2,1-3H3. The molecule has 3 heterocycles. The van der Waals surface area contributed by atoms with Crippen LogP contribution in [-0.2, 0) is 0 Å². The Morgan fingerprint density at radius 1 is 0.931 bits per heavy atom. The summed E-state index contributed by atoms with van der Waals surface area (Å²) in [6, 6.07) is 11.0. The van der Waals surface area contributed by atoms with E-state index < -0.39 is 0 Å². The zero-order chi connectivity index (χ0) is 20.6. The summed E-state index contributed by atoms with van der Waals surface area (Å²) in [5.41, 5.74) is 2.32. The summed E-state index contributed by atoms with van der Waals surface area (Å²) in [5.74, 6) is -0.0727. The fraction of sp³-hybridized carbons (Fsp3) is 0.478. The van der Waals surface area contributed by atoms with Gasteiger partial charge in [0.2, 0.25) is 0 Å². The predicted octanol–water partition coefficient (Wildman–Crippen LogP) is 3.39. The quantitative estimate of drug-likeness (QED) is 0.786. The molecule has 1 unspecified atom stereocenters. The van der Waals surface area contributed by atoms with Gasteiger partial charge in [0, 0.05) is 30.5 Å². The number of nitrogens with zero attached hydrogens (tertiary/aromatic N) is 4. The van der Waals surface area contributed by atoms with Crippen LogP contribution in [0.25, 0.3) is 0 Å². The molecule has 1 saturated heterocycles. The van der Waals surface area contributed by atoms with E-state index in [2.05, 4.69) is 9.97 Å². The van der Waals surface area contributed by atoms with Crippen LogP contribution in [0, 0.1) is 13.8 Å². The number of rotatable bonds is 2. The lowest BCUT2D eigenvalue weighted by atomic mass is 9.89.